The lowest BCUT2D eigenvalue weighted by atomic mass is 10.1. The van der Waals surface area contributed by atoms with E-state index < -0.39 is 10.9 Å². The molecule has 158 valence electrons. The third kappa shape index (κ3) is 3.82. The fraction of sp³-hybridized carbons (Fsp3) is 0.364. The van der Waals surface area contributed by atoms with E-state index in [1.165, 1.54) is 12.1 Å². The molecule has 3 aromatic rings. The Morgan fingerprint density at radius 3 is 2.30 bits per heavy atom. The van der Waals surface area contributed by atoms with E-state index in [1.54, 1.807) is 18.4 Å². The molecule has 0 saturated carbocycles. The van der Waals surface area contributed by atoms with Crippen LogP contribution in [0.25, 0.3) is 0 Å². The van der Waals surface area contributed by atoms with Crippen LogP contribution in [0.3, 0.4) is 0 Å². The second-order valence-electron chi connectivity index (χ2n) is 7.71. The van der Waals surface area contributed by atoms with Gasteiger partial charge in [0.1, 0.15) is 23.0 Å². The second kappa shape index (κ2) is 8.31. The maximum absolute atomic E-state index is 13.1. The van der Waals surface area contributed by atoms with Gasteiger partial charge in [-0.1, -0.05) is 0 Å². The van der Waals surface area contributed by atoms with Gasteiger partial charge in [-0.05, 0) is 50.5 Å². The summed E-state index contributed by atoms with van der Waals surface area (Å²) < 4.78 is 18.7. The highest BCUT2D eigenvalue weighted by molar-refractivity contribution is 5.75. The summed E-state index contributed by atoms with van der Waals surface area (Å²) in [6.07, 6.45) is 1.62. The molecule has 4 rings (SSSR count). The lowest BCUT2D eigenvalue weighted by Gasteiger charge is -2.38. The summed E-state index contributed by atoms with van der Waals surface area (Å²) in [6.45, 7) is 3.07. The summed E-state index contributed by atoms with van der Waals surface area (Å²) >= 11 is 0. The maximum atomic E-state index is 13.1. The zero-order valence-corrected chi connectivity index (χ0v) is 17.1. The van der Waals surface area contributed by atoms with Crippen LogP contribution in [0.15, 0.2) is 56.7 Å². The number of likely N-dealkylation sites (N-methyl/N-ethyl adjacent to an activating group) is 1. The monoisotopic (exact) mass is 412 g/mol. The highest BCUT2D eigenvalue weighted by Crippen LogP contribution is 2.26. The van der Waals surface area contributed by atoms with Crippen LogP contribution in [0, 0.1) is 5.82 Å². The summed E-state index contributed by atoms with van der Waals surface area (Å²) in [6, 6.07) is 10.1. The predicted molar refractivity (Wildman–Crippen MR) is 116 cm³/mol. The van der Waals surface area contributed by atoms with Crippen LogP contribution in [0.5, 0.6) is 0 Å². The molecule has 0 amide bonds. The van der Waals surface area contributed by atoms with Gasteiger partial charge in [-0.3, -0.25) is 14.5 Å². The Morgan fingerprint density at radius 2 is 1.70 bits per heavy atom. The predicted octanol–water partition coefficient (Wildman–Crippen LogP) is 2.06. The molecule has 7 nitrogen and oxygen atoms in total. The number of halogens is 1. The lowest BCUT2D eigenvalue weighted by Crippen LogP contribution is -2.51. The first kappa shape index (κ1) is 20.2. The normalized spacial score (nSPS) is 15.7. The first-order chi connectivity index (χ1) is 14.5. The molecule has 1 atom stereocenters. The number of hydrogen-bond donors (Lipinski definition) is 1. The van der Waals surface area contributed by atoms with Crippen LogP contribution < -0.4 is 26.0 Å². The summed E-state index contributed by atoms with van der Waals surface area (Å²) in [5.41, 5.74) is 0.894. The number of hydrogen-bond acceptors (Lipinski definition) is 7. The summed E-state index contributed by atoms with van der Waals surface area (Å²) in [5, 5.41) is 3.18. The van der Waals surface area contributed by atoms with Crippen LogP contribution >= 0.6 is 0 Å². The Bertz CT molecular complexity index is 1050. The Hall–Kier alpha value is -3.13. The molecule has 30 heavy (non-hydrogen) atoms. The fourth-order valence-corrected chi connectivity index (χ4v) is 3.90. The number of piperazine rings is 1. The zero-order valence-electron chi connectivity index (χ0n) is 17.1. The summed E-state index contributed by atoms with van der Waals surface area (Å²) in [7, 11) is 3.87. The molecule has 0 radical (unpaired) electrons. The number of nitrogens with one attached hydrogen (secondary N) is 1. The number of rotatable bonds is 7. The quantitative estimate of drug-likeness (QED) is 0.596. The molecular formula is C22H25FN4O3. The highest BCUT2D eigenvalue weighted by Gasteiger charge is 2.29. The number of nitrogens with zero attached hydrogens (tertiary/aromatic N) is 3. The largest absolute Gasteiger partial charge is 0.468 e. The summed E-state index contributed by atoms with van der Waals surface area (Å²) in [4.78, 5) is 30.6. The van der Waals surface area contributed by atoms with Crippen molar-refractivity contribution in [1.82, 2.24) is 4.90 Å². The maximum Gasteiger partial charge on any atom is 0.253 e. The smallest absolute Gasteiger partial charge is 0.253 e. The molecule has 1 aromatic heterocycles. The van der Waals surface area contributed by atoms with Gasteiger partial charge in [0.15, 0.2) is 0 Å². The molecule has 0 bridgehead atoms. The van der Waals surface area contributed by atoms with Crippen molar-refractivity contribution in [3.05, 3.63) is 74.7 Å². The van der Waals surface area contributed by atoms with Crippen molar-refractivity contribution >= 4 is 17.1 Å². The molecule has 2 heterocycles. The average molecular weight is 412 g/mol. The zero-order chi connectivity index (χ0) is 21.3. The second-order valence-corrected chi connectivity index (χ2v) is 7.71. The van der Waals surface area contributed by atoms with E-state index in [9.17, 15) is 14.0 Å². The van der Waals surface area contributed by atoms with E-state index in [0.717, 1.165) is 11.4 Å². The minimum atomic E-state index is -0.470. The van der Waals surface area contributed by atoms with Crippen LogP contribution in [0.4, 0.5) is 21.5 Å². The summed E-state index contributed by atoms with van der Waals surface area (Å²) in [5.74, 6) is 0.531. The molecule has 1 N–H and O–H groups in total. The van der Waals surface area contributed by atoms with E-state index >= 15 is 0 Å². The molecule has 1 unspecified atom stereocenters. The molecule has 1 aliphatic heterocycles. The van der Waals surface area contributed by atoms with E-state index in [1.807, 2.05) is 36.0 Å². The van der Waals surface area contributed by atoms with Gasteiger partial charge >= 0.3 is 0 Å². The Morgan fingerprint density at radius 1 is 1.03 bits per heavy atom. The van der Waals surface area contributed by atoms with Gasteiger partial charge in [0.2, 0.25) is 0 Å². The van der Waals surface area contributed by atoms with Crippen molar-refractivity contribution < 1.29 is 8.81 Å². The highest BCUT2D eigenvalue weighted by atomic mass is 19.1. The van der Waals surface area contributed by atoms with Crippen LogP contribution in [0.1, 0.15) is 11.8 Å². The van der Waals surface area contributed by atoms with Gasteiger partial charge in [-0.25, -0.2) is 4.39 Å². The Labute approximate surface area is 174 Å². The third-order valence-corrected chi connectivity index (χ3v) is 5.64. The first-order valence-electron chi connectivity index (χ1n) is 9.98. The number of benzene rings is 1. The van der Waals surface area contributed by atoms with Crippen molar-refractivity contribution in [2.45, 2.75) is 6.04 Å². The van der Waals surface area contributed by atoms with Crippen molar-refractivity contribution in [3.8, 4) is 0 Å². The SMILES string of the molecule is CN(C)C(CNc1c(N2CCN(c3ccc(F)cc3)CC2)c(=O)c1=O)c1ccco1. The Kier molecular flexibility index (Phi) is 5.59. The van der Waals surface area contributed by atoms with Gasteiger partial charge < -0.3 is 19.5 Å². The molecule has 0 spiro atoms. The van der Waals surface area contributed by atoms with Crippen LogP contribution in [-0.4, -0.2) is 51.7 Å². The van der Waals surface area contributed by atoms with Crippen molar-refractivity contribution in [3.63, 3.8) is 0 Å². The van der Waals surface area contributed by atoms with E-state index in [-0.39, 0.29) is 11.9 Å². The van der Waals surface area contributed by atoms with Crippen LogP contribution in [-0.2, 0) is 0 Å². The first-order valence-corrected chi connectivity index (χ1v) is 9.98. The molecule has 2 aromatic carbocycles. The topological polar surface area (TPSA) is 69.0 Å². The average Bonchev–Trinajstić information content (AvgIpc) is 3.28. The minimum absolute atomic E-state index is 0.0624. The van der Waals surface area contributed by atoms with Crippen molar-refractivity contribution in [2.24, 2.45) is 0 Å². The standard InChI is InChI=1S/C22H25FN4O3/c1-25(2)17(18-4-3-13-30-18)14-24-19-20(22(29)21(19)28)27-11-9-26(10-12-27)16-7-5-15(23)6-8-16/h3-8,13,17,24H,9-12,14H2,1-2H3. The lowest BCUT2D eigenvalue weighted by molar-refractivity contribution is 0.269. The van der Waals surface area contributed by atoms with E-state index in [0.29, 0.717) is 44.1 Å². The fourth-order valence-electron chi connectivity index (χ4n) is 3.90. The third-order valence-electron chi connectivity index (χ3n) is 5.64. The van der Waals surface area contributed by atoms with Gasteiger partial charge in [0.25, 0.3) is 10.9 Å². The molecule has 1 fully saturated rings. The molecular weight excluding hydrogens is 387 g/mol. The molecule has 1 aliphatic rings. The van der Waals surface area contributed by atoms with Crippen molar-refractivity contribution in [2.75, 3.05) is 61.9 Å². The minimum Gasteiger partial charge on any atom is -0.468 e. The molecule has 8 heteroatoms. The van der Waals surface area contributed by atoms with Crippen LogP contribution in [0.2, 0.25) is 0 Å². The van der Waals surface area contributed by atoms with Gasteiger partial charge in [0, 0.05) is 38.4 Å². The molecule has 0 aliphatic carbocycles. The van der Waals surface area contributed by atoms with Gasteiger partial charge in [-0.2, -0.15) is 0 Å². The van der Waals surface area contributed by atoms with E-state index in [2.05, 4.69) is 10.2 Å². The van der Waals surface area contributed by atoms with Gasteiger partial charge in [0.05, 0.1) is 12.3 Å². The molecule has 1 saturated heterocycles. The Balaban J connectivity index is 1.43. The number of anilines is 3. The van der Waals surface area contributed by atoms with Gasteiger partial charge in [-0.15, -0.1) is 0 Å². The van der Waals surface area contributed by atoms with Crippen molar-refractivity contribution in [1.29, 1.82) is 0 Å². The number of furan rings is 1. The van der Waals surface area contributed by atoms with E-state index in [4.69, 9.17) is 4.42 Å².